The Morgan fingerprint density at radius 3 is 2.52 bits per heavy atom. The second-order valence-electron chi connectivity index (χ2n) is 5.05. The van der Waals surface area contributed by atoms with Gasteiger partial charge in [0, 0.05) is 28.2 Å². The first-order chi connectivity index (χ1) is 9.90. The van der Waals surface area contributed by atoms with Crippen molar-refractivity contribution in [3.63, 3.8) is 0 Å². The molecule has 1 aromatic carbocycles. The van der Waals surface area contributed by atoms with Crippen molar-refractivity contribution in [3.05, 3.63) is 51.2 Å². The summed E-state index contributed by atoms with van der Waals surface area (Å²) in [6.07, 6.45) is 1.06. The lowest BCUT2D eigenvalue weighted by Gasteiger charge is -2.13. The van der Waals surface area contributed by atoms with Gasteiger partial charge in [-0.25, -0.2) is 0 Å². The summed E-state index contributed by atoms with van der Waals surface area (Å²) >= 11 is 12.0. The van der Waals surface area contributed by atoms with Gasteiger partial charge in [0.25, 0.3) is 0 Å². The molecule has 1 aliphatic carbocycles. The molecular weight excluding hydrogens is 309 g/mol. The van der Waals surface area contributed by atoms with Gasteiger partial charge in [0.15, 0.2) is 5.78 Å². The van der Waals surface area contributed by atoms with E-state index < -0.39 is 11.6 Å². The Labute approximate surface area is 131 Å². The number of halogens is 2. The van der Waals surface area contributed by atoms with Crippen LogP contribution in [0.1, 0.15) is 16.8 Å². The van der Waals surface area contributed by atoms with Crippen LogP contribution in [0.25, 0.3) is 16.5 Å². The van der Waals surface area contributed by atoms with Gasteiger partial charge >= 0.3 is 0 Å². The first kappa shape index (κ1) is 14.1. The fraction of sp³-hybridized carbons (Fsp3) is 0.125. The Kier molecular flexibility index (Phi) is 3.27. The van der Waals surface area contributed by atoms with Crippen LogP contribution in [0.15, 0.2) is 34.3 Å². The third-order valence-electron chi connectivity index (χ3n) is 3.53. The number of ketones is 2. The van der Waals surface area contributed by atoms with Crippen molar-refractivity contribution < 1.29 is 9.59 Å². The van der Waals surface area contributed by atoms with Crippen molar-refractivity contribution in [3.8, 4) is 0 Å². The van der Waals surface area contributed by atoms with Crippen LogP contribution in [-0.4, -0.2) is 16.6 Å². The minimum absolute atomic E-state index is 0.0880. The summed E-state index contributed by atoms with van der Waals surface area (Å²) in [5.41, 5.74) is 3.52. The minimum atomic E-state index is -0.447. The van der Waals surface area contributed by atoms with Gasteiger partial charge in [0.2, 0.25) is 5.78 Å². The van der Waals surface area contributed by atoms with E-state index >= 15 is 0 Å². The first-order valence-corrected chi connectivity index (χ1v) is 7.11. The van der Waals surface area contributed by atoms with Crippen molar-refractivity contribution in [2.45, 2.75) is 13.8 Å². The highest BCUT2D eigenvalue weighted by Gasteiger charge is 2.30. The van der Waals surface area contributed by atoms with Gasteiger partial charge in [-0.15, -0.1) is 0 Å². The van der Waals surface area contributed by atoms with E-state index in [0.29, 0.717) is 5.56 Å². The Hall–Kier alpha value is -1.84. The molecule has 0 aliphatic heterocycles. The zero-order valence-electron chi connectivity index (χ0n) is 11.4. The maximum absolute atomic E-state index is 12.4. The zero-order chi connectivity index (χ0) is 15.3. The highest BCUT2D eigenvalue weighted by atomic mass is 35.5. The number of carbonyl (C=O) groups is 2. The number of aromatic nitrogens is 1. The third kappa shape index (κ3) is 2.13. The van der Waals surface area contributed by atoms with Gasteiger partial charge in [-0.2, -0.15) is 0 Å². The predicted molar refractivity (Wildman–Crippen MR) is 84.5 cm³/mol. The summed E-state index contributed by atoms with van der Waals surface area (Å²) in [7, 11) is 0. The van der Waals surface area contributed by atoms with E-state index in [1.807, 2.05) is 32.0 Å². The van der Waals surface area contributed by atoms with Gasteiger partial charge in [0.05, 0.1) is 15.6 Å². The van der Waals surface area contributed by atoms with Crippen molar-refractivity contribution in [2.75, 3.05) is 0 Å². The second kappa shape index (κ2) is 4.86. The van der Waals surface area contributed by atoms with E-state index in [4.69, 9.17) is 23.2 Å². The highest BCUT2D eigenvalue weighted by Crippen LogP contribution is 2.37. The Balaban J connectivity index is 2.37. The first-order valence-electron chi connectivity index (χ1n) is 6.35. The smallest absolute Gasteiger partial charge is 0.206 e. The molecule has 0 amide bonds. The monoisotopic (exact) mass is 319 g/mol. The lowest BCUT2D eigenvalue weighted by molar-refractivity contribution is -0.113. The number of carbonyl (C=O) groups excluding carboxylic acids is 2. The average molecular weight is 320 g/mol. The Morgan fingerprint density at radius 1 is 1.10 bits per heavy atom. The van der Waals surface area contributed by atoms with Crippen LogP contribution >= 0.6 is 23.2 Å². The van der Waals surface area contributed by atoms with Crippen molar-refractivity contribution in [1.82, 2.24) is 4.98 Å². The molecule has 0 spiro atoms. The largest absolute Gasteiger partial charge is 0.358 e. The standard InChI is InChI=1S/C16H11Cl2NO2/c1-7-3-4-11-9(5-7)13(8(2)19-11)14-15(18)12(20)6-10(17)16(14)21/h3-6,19H,1-2H3. The second-order valence-corrected chi connectivity index (χ2v) is 5.83. The average Bonchev–Trinajstić information content (AvgIpc) is 2.73. The quantitative estimate of drug-likeness (QED) is 0.807. The van der Waals surface area contributed by atoms with Crippen LogP contribution in [0.4, 0.5) is 0 Å². The summed E-state index contributed by atoms with van der Waals surface area (Å²) in [6.45, 7) is 3.80. The summed E-state index contributed by atoms with van der Waals surface area (Å²) in [5.74, 6) is -0.871. The molecular formula is C16H11Cl2NO2. The third-order valence-corrected chi connectivity index (χ3v) is 4.19. The van der Waals surface area contributed by atoms with E-state index in [1.54, 1.807) is 0 Å². The number of H-pyrrole nitrogens is 1. The molecule has 21 heavy (non-hydrogen) atoms. The lowest BCUT2D eigenvalue weighted by Crippen LogP contribution is -2.14. The van der Waals surface area contributed by atoms with Gasteiger partial charge in [0.1, 0.15) is 0 Å². The molecule has 0 fully saturated rings. The molecule has 0 saturated heterocycles. The number of rotatable bonds is 1. The molecule has 0 unspecified atom stereocenters. The minimum Gasteiger partial charge on any atom is -0.358 e. The summed E-state index contributed by atoms with van der Waals surface area (Å²) in [5, 5.41) is 0.656. The molecule has 5 heteroatoms. The van der Waals surface area contributed by atoms with Crippen molar-refractivity contribution >= 4 is 51.2 Å². The van der Waals surface area contributed by atoms with E-state index in [0.717, 1.165) is 28.2 Å². The molecule has 0 saturated carbocycles. The summed E-state index contributed by atoms with van der Waals surface area (Å²) in [4.78, 5) is 27.4. The van der Waals surface area contributed by atoms with Crippen LogP contribution in [-0.2, 0) is 9.59 Å². The van der Waals surface area contributed by atoms with Crippen molar-refractivity contribution in [2.24, 2.45) is 0 Å². The number of aromatic amines is 1. The summed E-state index contributed by atoms with van der Waals surface area (Å²) in [6, 6.07) is 5.86. The van der Waals surface area contributed by atoms with Gasteiger partial charge in [-0.1, -0.05) is 34.8 Å². The molecule has 1 aromatic heterocycles. The van der Waals surface area contributed by atoms with Crippen molar-refractivity contribution in [1.29, 1.82) is 0 Å². The van der Waals surface area contributed by atoms with E-state index in [1.165, 1.54) is 0 Å². The Bertz CT molecular complexity index is 872. The molecule has 2 aromatic rings. The number of nitrogens with one attached hydrogen (secondary N) is 1. The molecule has 0 bridgehead atoms. The molecule has 3 rings (SSSR count). The maximum atomic E-state index is 12.4. The normalized spacial score (nSPS) is 15.9. The molecule has 3 nitrogen and oxygen atoms in total. The van der Waals surface area contributed by atoms with Crippen LogP contribution in [0.2, 0.25) is 0 Å². The number of benzene rings is 1. The van der Waals surface area contributed by atoms with E-state index in [2.05, 4.69) is 4.98 Å². The number of Topliss-reactive ketones (excluding diaryl/α,β-unsaturated/α-hetero) is 1. The molecule has 0 atom stereocenters. The number of hydrogen-bond donors (Lipinski definition) is 1. The van der Waals surface area contributed by atoms with Crippen LogP contribution in [0, 0.1) is 13.8 Å². The SMILES string of the molecule is Cc1ccc2[nH]c(C)c(C3=C(Cl)C(=O)C=C(Cl)C3=O)c2c1. The van der Waals surface area contributed by atoms with Gasteiger partial charge in [-0.3, -0.25) is 9.59 Å². The van der Waals surface area contributed by atoms with Crippen LogP contribution in [0.5, 0.6) is 0 Å². The molecule has 1 heterocycles. The fourth-order valence-corrected chi connectivity index (χ4v) is 3.00. The fourth-order valence-electron chi connectivity index (χ4n) is 2.57. The van der Waals surface area contributed by atoms with Crippen LogP contribution in [0.3, 0.4) is 0 Å². The van der Waals surface area contributed by atoms with Gasteiger partial charge < -0.3 is 4.98 Å². The highest BCUT2D eigenvalue weighted by molar-refractivity contribution is 6.62. The summed E-state index contributed by atoms with van der Waals surface area (Å²) < 4.78 is 0. The number of allylic oxidation sites excluding steroid dienone is 4. The topological polar surface area (TPSA) is 49.9 Å². The molecule has 1 N–H and O–H groups in total. The maximum Gasteiger partial charge on any atom is 0.206 e. The van der Waals surface area contributed by atoms with Gasteiger partial charge in [-0.05, 0) is 26.0 Å². The number of fused-ring (bicyclic) bond motifs is 1. The van der Waals surface area contributed by atoms with E-state index in [9.17, 15) is 9.59 Å². The molecule has 0 radical (unpaired) electrons. The molecule has 1 aliphatic rings. The Morgan fingerprint density at radius 2 is 1.81 bits per heavy atom. The van der Waals surface area contributed by atoms with Crippen LogP contribution < -0.4 is 0 Å². The van der Waals surface area contributed by atoms with E-state index in [-0.39, 0.29) is 15.6 Å². The lowest BCUT2D eigenvalue weighted by atomic mass is 9.93. The zero-order valence-corrected chi connectivity index (χ0v) is 12.9. The molecule has 106 valence electrons. The number of hydrogen-bond acceptors (Lipinski definition) is 2. The predicted octanol–water partition coefficient (Wildman–Crippen LogP) is 4.01. The number of aryl methyl sites for hydroxylation is 2.